The summed E-state index contributed by atoms with van der Waals surface area (Å²) in [6.07, 6.45) is 11.3. The van der Waals surface area contributed by atoms with E-state index in [1.165, 1.54) is 10.9 Å². The third-order valence-electron chi connectivity index (χ3n) is 4.88. The molecule has 1 fully saturated rings. The van der Waals surface area contributed by atoms with Crippen molar-refractivity contribution in [3.8, 4) is 23.3 Å². The molecule has 0 atom stereocenters. The lowest BCUT2D eigenvalue weighted by Gasteiger charge is -2.13. The van der Waals surface area contributed by atoms with Crippen LogP contribution >= 0.6 is 0 Å². The molecule has 0 bridgehead atoms. The van der Waals surface area contributed by atoms with Crippen molar-refractivity contribution in [1.82, 2.24) is 19.3 Å². The van der Waals surface area contributed by atoms with Crippen molar-refractivity contribution >= 4 is 10.9 Å². The molecule has 25 heavy (non-hydrogen) atoms. The maximum absolute atomic E-state index is 12.5. The van der Waals surface area contributed by atoms with Crippen molar-refractivity contribution in [2.24, 2.45) is 0 Å². The van der Waals surface area contributed by atoms with Crippen LogP contribution in [0.2, 0.25) is 0 Å². The first-order chi connectivity index (χ1) is 12.2. The molecule has 0 radical (unpaired) electrons. The van der Waals surface area contributed by atoms with Gasteiger partial charge in [-0.3, -0.25) is 9.48 Å². The van der Waals surface area contributed by atoms with E-state index in [4.69, 9.17) is 5.26 Å². The van der Waals surface area contributed by atoms with Crippen LogP contribution in [0.3, 0.4) is 0 Å². The zero-order valence-corrected chi connectivity index (χ0v) is 13.6. The molecular formula is C18H16N6O. The standard InChI is InChI=1S/C18H16N6O/c19-5-6-23-10-13(9-22-23)15-11-24(14-3-1-2-4-14)17-12(7-20)8-21-18(25)16(15)17/h8-11,14H,1-4,6H2,(H,21,25). The highest BCUT2D eigenvalue weighted by Gasteiger charge is 2.24. The van der Waals surface area contributed by atoms with Crippen molar-refractivity contribution in [3.05, 3.63) is 40.7 Å². The van der Waals surface area contributed by atoms with E-state index in [-0.39, 0.29) is 12.1 Å². The summed E-state index contributed by atoms with van der Waals surface area (Å²) in [6.45, 7) is 0.154. The second kappa shape index (κ2) is 5.95. The van der Waals surface area contributed by atoms with E-state index >= 15 is 0 Å². The van der Waals surface area contributed by atoms with Crippen LogP contribution in [0.25, 0.3) is 22.0 Å². The molecule has 7 nitrogen and oxygen atoms in total. The molecule has 0 amide bonds. The Kier molecular flexibility index (Phi) is 3.62. The first-order valence-corrected chi connectivity index (χ1v) is 8.29. The molecule has 7 heteroatoms. The Morgan fingerprint density at radius 3 is 2.80 bits per heavy atom. The summed E-state index contributed by atoms with van der Waals surface area (Å²) >= 11 is 0. The smallest absolute Gasteiger partial charge is 0.258 e. The predicted octanol–water partition coefficient (Wildman–Crippen LogP) is 2.70. The van der Waals surface area contributed by atoms with Crippen molar-refractivity contribution in [2.45, 2.75) is 38.3 Å². The number of nitriles is 2. The van der Waals surface area contributed by atoms with Gasteiger partial charge in [-0.25, -0.2) is 0 Å². The Hall–Kier alpha value is -3.32. The van der Waals surface area contributed by atoms with Crippen molar-refractivity contribution < 1.29 is 0 Å². The molecule has 0 unspecified atom stereocenters. The maximum Gasteiger partial charge on any atom is 0.258 e. The van der Waals surface area contributed by atoms with Gasteiger partial charge in [-0.05, 0) is 12.8 Å². The fraction of sp³-hybridized carbons (Fsp3) is 0.333. The summed E-state index contributed by atoms with van der Waals surface area (Å²) in [4.78, 5) is 15.2. The molecule has 0 saturated heterocycles. The molecule has 0 aromatic carbocycles. The van der Waals surface area contributed by atoms with Gasteiger partial charge in [0.2, 0.25) is 0 Å². The molecule has 1 aliphatic rings. The Morgan fingerprint density at radius 2 is 2.08 bits per heavy atom. The van der Waals surface area contributed by atoms with Crippen LogP contribution in [0.1, 0.15) is 37.3 Å². The number of hydrogen-bond donors (Lipinski definition) is 1. The monoisotopic (exact) mass is 332 g/mol. The van der Waals surface area contributed by atoms with Gasteiger partial charge in [0.15, 0.2) is 0 Å². The first-order valence-electron chi connectivity index (χ1n) is 8.29. The quantitative estimate of drug-likeness (QED) is 0.796. The lowest BCUT2D eigenvalue weighted by molar-refractivity contribution is 0.535. The van der Waals surface area contributed by atoms with Gasteiger partial charge < -0.3 is 9.55 Å². The lowest BCUT2D eigenvalue weighted by Crippen LogP contribution is -2.09. The number of rotatable bonds is 3. The number of pyridine rings is 1. The van der Waals surface area contributed by atoms with Crippen LogP contribution < -0.4 is 5.56 Å². The second-order valence-corrected chi connectivity index (χ2v) is 6.34. The summed E-state index contributed by atoms with van der Waals surface area (Å²) in [6, 6.07) is 4.55. The summed E-state index contributed by atoms with van der Waals surface area (Å²) < 4.78 is 3.63. The Bertz CT molecular complexity index is 1080. The van der Waals surface area contributed by atoms with Crippen LogP contribution in [0.15, 0.2) is 29.6 Å². The van der Waals surface area contributed by atoms with Crippen molar-refractivity contribution in [3.63, 3.8) is 0 Å². The van der Waals surface area contributed by atoms with Gasteiger partial charge in [0.05, 0.1) is 28.7 Å². The fourth-order valence-corrected chi connectivity index (χ4v) is 3.74. The fourth-order valence-electron chi connectivity index (χ4n) is 3.74. The Morgan fingerprint density at radius 1 is 1.28 bits per heavy atom. The first kappa shape index (κ1) is 15.2. The lowest BCUT2D eigenvalue weighted by atomic mass is 10.1. The van der Waals surface area contributed by atoms with E-state index in [0.717, 1.165) is 36.8 Å². The van der Waals surface area contributed by atoms with E-state index < -0.39 is 0 Å². The highest BCUT2D eigenvalue weighted by atomic mass is 16.1. The summed E-state index contributed by atoms with van der Waals surface area (Å²) in [7, 11) is 0. The largest absolute Gasteiger partial charge is 0.342 e. The van der Waals surface area contributed by atoms with Crippen molar-refractivity contribution in [1.29, 1.82) is 10.5 Å². The van der Waals surface area contributed by atoms with Crippen LogP contribution in [0.5, 0.6) is 0 Å². The van der Waals surface area contributed by atoms with E-state index in [1.54, 1.807) is 12.4 Å². The minimum Gasteiger partial charge on any atom is -0.342 e. The molecule has 3 aromatic rings. The molecule has 4 rings (SSSR count). The van der Waals surface area contributed by atoms with Gasteiger partial charge in [0.25, 0.3) is 5.56 Å². The number of hydrogen-bond acceptors (Lipinski definition) is 4. The molecule has 1 saturated carbocycles. The minimum absolute atomic E-state index is 0.154. The number of aromatic nitrogens is 4. The number of aromatic amines is 1. The number of H-pyrrole nitrogens is 1. The average Bonchev–Trinajstić information content (AvgIpc) is 3.34. The SMILES string of the molecule is N#CCn1cc(-c2cn(C3CCCC3)c3c(C#N)c[nH]c(=O)c23)cn1. The maximum atomic E-state index is 12.5. The van der Waals surface area contributed by atoms with Gasteiger partial charge >= 0.3 is 0 Å². The third-order valence-corrected chi connectivity index (χ3v) is 4.88. The van der Waals surface area contributed by atoms with E-state index in [0.29, 0.717) is 22.5 Å². The van der Waals surface area contributed by atoms with Gasteiger partial charge in [-0.2, -0.15) is 15.6 Å². The van der Waals surface area contributed by atoms with Crippen LogP contribution in [0.4, 0.5) is 0 Å². The normalized spacial score (nSPS) is 14.6. The molecule has 124 valence electrons. The Balaban J connectivity index is 2.00. The van der Waals surface area contributed by atoms with Crippen LogP contribution in [-0.2, 0) is 6.54 Å². The summed E-state index contributed by atoms with van der Waals surface area (Å²) in [5.41, 5.74) is 2.48. The molecule has 0 spiro atoms. The van der Waals surface area contributed by atoms with Crippen LogP contribution in [0, 0.1) is 22.7 Å². The molecule has 1 N–H and O–H groups in total. The number of nitrogens with zero attached hydrogens (tertiary/aromatic N) is 5. The third kappa shape index (κ3) is 2.41. The van der Waals surface area contributed by atoms with E-state index in [2.05, 4.69) is 20.7 Å². The Labute approximate surface area is 143 Å². The highest BCUT2D eigenvalue weighted by Crippen LogP contribution is 2.37. The molecule has 0 aliphatic heterocycles. The predicted molar refractivity (Wildman–Crippen MR) is 91.6 cm³/mol. The van der Waals surface area contributed by atoms with Gasteiger partial charge in [0.1, 0.15) is 12.6 Å². The summed E-state index contributed by atoms with van der Waals surface area (Å²) in [5, 5.41) is 23.0. The minimum atomic E-state index is -0.214. The zero-order valence-electron chi connectivity index (χ0n) is 13.6. The molecule has 3 heterocycles. The van der Waals surface area contributed by atoms with E-state index in [9.17, 15) is 10.1 Å². The number of fused-ring (bicyclic) bond motifs is 1. The number of nitrogens with one attached hydrogen (secondary N) is 1. The topological polar surface area (TPSA) is 103 Å². The van der Waals surface area contributed by atoms with Crippen LogP contribution in [-0.4, -0.2) is 19.3 Å². The van der Waals surface area contributed by atoms with Gasteiger partial charge in [-0.15, -0.1) is 0 Å². The molecular weight excluding hydrogens is 316 g/mol. The van der Waals surface area contributed by atoms with Gasteiger partial charge in [-0.1, -0.05) is 12.8 Å². The average molecular weight is 332 g/mol. The highest BCUT2D eigenvalue weighted by molar-refractivity contribution is 5.97. The zero-order chi connectivity index (χ0) is 17.4. The molecule has 1 aliphatic carbocycles. The van der Waals surface area contributed by atoms with E-state index in [1.807, 2.05) is 12.3 Å². The summed E-state index contributed by atoms with van der Waals surface area (Å²) in [5.74, 6) is 0. The van der Waals surface area contributed by atoms with Gasteiger partial charge in [0, 0.05) is 35.8 Å². The molecule has 3 aromatic heterocycles. The van der Waals surface area contributed by atoms with Crippen molar-refractivity contribution in [2.75, 3.05) is 0 Å². The second-order valence-electron chi connectivity index (χ2n) is 6.34.